The van der Waals surface area contributed by atoms with Crippen molar-refractivity contribution in [3.05, 3.63) is 23.9 Å². The molecule has 0 spiro atoms. The van der Waals surface area contributed by atoms with Crippen LogP contribution in [0.5, 0.6) is 0 Å². The van der Waals surface area contributed by atoms with E-state index in [-0.39, 0.29) is 5.91 Å². The highest BCUT2D eigenvalue weighted by Gasteiger charge is 2.65. The van der Waals surface area contributed by atoms with E-state index in [4.69, 9.17) is 5.73 Å². The minimum Gasteiger partial charge on any atom is -0.384 e. The molecule has 0 radical (unpaired) electrons. The summed E-state index contributed by atoms with van der Waals surface area (Å²) in [6.07, 6.45) is 5.71. The first-order valence-corrected chi connectivity index (χ1v) is 6.76. The fourth-order valence-electron chi connectivity index (χ4n) is 4.29. The molecule has 94 valence electrons. The summed E-state index contributed by atoms with van der Waals surface area (Å²) in [5.74, 6) is 3.77. The van der Waals surface area contributed by atoms with Gasteiger partial charge in [0.2, 0.25) is 0 Å². The average Bonchev–Trinajstić information content (AvgIpc) is 2.78. The van der Waals surface area contributed by atoms with Gasteiger partial charge in [-0.25, -0.2) is 4.98 Å². The fraction of sp³-hybridized carbons (Fsp3) is 0.571. The molecule has 0 saturated heterocycles. The molecule has 4 rings (SSSR count). The molecule has 4 atom stereocenters. The van der Waals surface area contributed by atoms with E-state index >= 15 is 0 Å². The van der Waals surface area contributed by atoms with Gasteiger partial charge >= 0.3 is 0 Å². The molecular weight excluding hydrogens is 226 g/mol. The molecule has 1 heterocycles. The molecule has 1 amide bonds. The summed E-state index contributed by atoms with van der Waals surface area (Å²) in [5.41, 5.74) is 6.13. The Balaban J connectivity index is 1.44. The monoisotopic (exact) mass is 243 g/mol. The molecule has 3 aliphatic carbocycles. The van der Waals surface area contributed by atoms with Crippen LogP contribution in [0.3, 0.4) is 0 Å². The summed E-state index contributed by atoms with van der Waals surface area (Å²) in [5, 5.41) is 3.17. The summed E-state index contributed by atoms with van der Waals surface area (Å²) in [7, 11) is 0. The number of carbonyl (C=O) groups is 1. The van der Waals surface area contributed by atoms with E-state index in [0.29, 0.717) is 17.4 Å². The second-order valence-electron chi connectivity index (χ2n) is 5.96. The third-order valence-electron chi connectivity index (χ3n) is 5.08. The topological polar surface area (TPSA) is 68.0 Å². The molecule has 4 heteroatoms. The van der Waals surface area contributed by atoms with Gasteiger partial charge in [0.1, 0.15) is 5.82 Å². The van der Waals surface area contributed by atoms with Crippen molar-refractivity contribution >= 4 is 11.7 Å². The molecule has 3 saturated carbocycles. The van der Waals surface area contributed by atoms with Crippen molar-refractivity contribution in [2.45, 2.75) is 25.3 Å². The Kier molecular flexibility index (Phi) is 1.99. The summed E-state index contributed by atoms with van der Waals surface area (Å²) in [6.45, 7) is 0. The van der Waals surface area contributed by atoms with Crippen LogP contribution in [-0.4, -0.2) is 16.9 Å². The standard InChI is InChI=1S/C14H17N3O/c15-10-4-3-9(6-16-10)14(18)17-13-11-7-1-2-8(5-7)12(11)13/h3-4,6-8,11-13H,1-2,5H2,(H2,15,16)(H,17,18). The van der Waals surface area contributed by atoms with Gasteiger partial charge in [0.05, 0.1) is 5.56 Å². The second kappa shape index (κ2) is 3.46. The van der Waals surface area contributed by atoms with Crippen LogP contribution in [0.2, 0.25) is 0 Å². The smallest absolute Gasteiger partial charge is 0.253 e. The molecule has 4 nitrogen and oxygen atoms in total. The minimum absolute atomic E-state index is 0.00120. The predicted octanol–water partition coefficient (Wildman–Crippen LogP) is 1.44. The molecular formula is C14H17N3O. The van der Waals surface area contributed by atoms with Crippen molar-refractivity contribution in [2.24, 2.45) is 23.7 Å². The van der Waals surface area contributed by atoms with Crippen LogP contribution < -0.4 is 11.1 Å². The Morgan fingerprint density at radius 2 is 2.00 bits per heavy atom. The third-order valence-corrected chi connectivity index (χ3v) is 5.08. The van der Waals surface area contributed by atoms with Crippen LogP contribution in [-0.2, 0) is 0 Å². The normalized spacial score (nSPS) is 39.4. The van der Waals surface area contributed by atoms with Crippen LogP contribution in [0.1, 0.15) is 29.6 Å². The first kappa shape index (κ1) is 10.4. The number of pyridine rings is 1. The summed E-state index contributed by atoms with van der Waals surface area (Å²) in [4.78, 5) is 16.0. The Hall–Kier alpha value is -1.58. The number of anilines is 1. The maximum absolute atomic E-state index is 12.1. The number of carbonyl (C=O) groups excluding carboxylic acids is 1. The van der Waals surface area contributed by atoms with Crippen LogP contribution in [0, 0.1) is 23.7 Å². The number of hydrogen-bond acceptors (Lipinski definition) is 3. The Bertz CT molecular complexity index is 482. The van der Waals surface area contributed by atoms with Crippen molar-refractivity contribution in [2.75, 3.05) is 5.73 Å². The molecule has 1 aromatic rings. The predicted molar refractivity (Wildman–Crippen MR) is 67.7 cm³/mol. The number of nitrogen functional groups attached to an aromatic ring is 1. The summed E-state index contributed by atoms with van der Waals surface area (Å²) in [6, 6.07) is 3.85. The zero-order valence-electron chi connectivity index (χ0n) is 10.2. The average molecular weight is 243 g/mol. The molecule has 0 aromatic carbocycles. The lowest BCUT2D eigenvalue weighted by molar-refractivity contribution is 0.0944. The van der Waals surface area contributed by atoms with E-state index in [1.165, 1.54) is 19.3 Å². The highest BCUT2D eigenvalue weighted by Crippen LogP contribution is 2.65. The van der Waals surface area contributed by atoms with Crippen LogP contribution >= 0.6 is 0 Å². The lowest BCUT2D eigenvalue weighted by atomic mass is 10.0. The van der Waals surface area contributed by atoms with Gasteiger partial charge in [-0.2, -0.15) is 0 Å². The van der Waals surface area contributed by atoms with Crippen LogP contribution in [0.25, 0.3) is 0 Å². The highest BCUT2D eigenvalue weighted by atomic mass is 16.1. The molecule has 0 aliphatic heterocycles. The van der Waals surface area contributed by atoms with Crippen molar-refractivity contribution in [1.29, 1.82) is 0 Å². The molecule has 2 bridgehead atoms. The van der Waals surface area contributed by atoms with Gasteiger partial charge in [-0.1, -0.05) is 0 Å². The maximum Gasteiger partial charge on any atom is 0.253 e. The van der Waals surface area contributed by atoms with E-state index in [1.807, 2.05) is 0 Å². The Labute approximate surface area is 106 Å². The number of fused-ring (bicyclic) bond motifs is 5. The zero-order valence-corrected chi connectivity index (χ0v) is 10.2. The van der Waals surface area contributed by atoms with Gasteiger partial charge in [0.15, 0.2) is 0 Å². The van der Waals surface area contributed by atoms with Gasteiger partial charge in [-0.05, 0) is 55.1 Å². The van der Waals surface area contributed by atoms with Gasteiger partial charge in [0, 0.05) is 12.2 Å². The van der Waals surface area contributed by atoms with Crippen molar-refractivity contribution in [3.63, 3.8) is 0 Å². The number of nitrogens with one attached hydrogen (secondary N) is 1. The zero-order chi connectivity index (χ0) is 12.3. The molecule has 18 heavy (non-hydrogen) atoms. The first-order chi connectivity index (χ1) is 8.74. The number of aromatic nitrogens is 1. The molecule has 4 unspecified atom stereocenters. The molecule has 3 fully saturated rings. The number of nitrogens with two attached hydrogens (primary N) is 1. The number of nitrogens with zero attached hydrogens (tertiary/aromatic N) is 1. The van der Waals surface area contributed by atoms with E-state index in [9.17, 15) is 4.79 Å². The van der Waals surface area contributed by atoms with Crippen molar-refractivity contribution in [3.8, 4) is 0 Å². The van der Waals surface area contributed by atoms with Crippen LogP contribution in [0.15, 0.2) is 18.3 Å². The Morgan fingerprint density at radius 1 is 1.28 bits per heavy atom. The van der Waals surface area contributed by atoms with E-state index < -0.39 is 0 Å². The van der Waals surface area contributed by atoms with Crippen molar-refractivity contribution < 1.29 is 4.79 Å². The Morgan fingerprint density at radius 3 is 2.61 bits per heavy atom. The minimum atomic E-state index is 0.00120. The van der Waals surface area contributed by atoms with E-state index in [1.54, 1.807) is 18.3 Å². The largest absolute Gasteiger partial charge is 0.384 e. The second-order valence-corrected chi connectivity index (χ2v) is 5.96. The molecule has 3 N–H and O–H groups in total. The fourth-order valence-corrected chi connectivity index (χ4v) is 4.29. The van der Waals surface area contributed by atoms with Crippen LogP contribution in [0.4, 0.5) is 5.82 Å². The number of hydrogen-bond donors (Lipinski definition) is 2. The summed E-state index contributed by atoms with van der Waals surface area (Å²) >= 11 is 0. The third kappa shape index (κ3) is 1.38. The van der Waals surface area contributed by atoms with E-state index in [2.05, 4.69) is 10.3 Å². The van der Waals surface area contributed by atoms with Crippen molar-refractivity contribution in [1.82, 2.24) is 10.3 Å². The maximum atomic E-state index is 12.1. The number of rotatable bonds is 2. The lowest BCUT2D eigenvalue weighted by Crippen LogP contribution is -2.30. The molecule has 1 aromatic heterocycles. The van der Waals surface area contributed by atoms with Gasteiger partial charge in [-0.15, -0.1) is 0 Å². The first-order valence-electron chi connectivity index (χ1n) is 6.76. The highest BCUT2D eigenvalue weighted by molar-refractivity contribution is 5.94. The van der Waals surface area contributed by atoms with E-state index in [0.717, 1.165) is 23.7 Å². The lowest BCUT2D eigenvalue weighted by Gasteiger charge is -2.10. The van der Waals surface area contributed by atoms with Gasteiger partial charge < -0.3 is 11.1 Å². The summed E-state index contributed by atoms with van der Waals surface area (Å²) < 4.78 is 0. The quantitative estimate of drug-likeness (QED) is 0.825. The van der Waals surface area contributed by atoms with Gasteiger partial charge in [-0.3, -0.25) is 4.79 Å². The SMILES string of the molecule is Nc1ccc(C(=O)NC2C3C4CCC(C4)C23)cn1. The molecule has 3 aliphatic rings. The van der Waals surface area contributed by atoms with Gasteiger partial charge in [0.25, 0.3) is 5.91 Å². The number of amides is 1.